The molecule has 1 aliphatic rings. The van der Waals surface area contributed by atoms with Crippen molar-refractivity contribution in [2.24, 2.45) is 0 Å². The number of hydrogen-bond acceptors (Lipinski definition) is 4. The van der Waals surface area contributed by atoms with Crippen LogP contribution in [0.15, 0.2) is 47.4 Å². The number of benzene rings is 2. The smallest absolute Gasteiger partial charge is 0.264 e. The van der Waals surface area contributed by atoms with Gasteiger partial charge in [0.2, 0.25) is 0 Å². The third-order valence-corrected chi connectivity index (χ3v) is 4.98. The number of anilines is 2. The molecule has 0 bridgehead atoms. The van der Waals surface area contributed by atoms with Gasteiger partial charge in [0.25, 0.3) is 15.9 Å². The van der Waals surface area contributed by atoms with Gasteiger partial charge in [0.1, 0.15) is 5.75 Å². The molecule has 3 rings (SSSR count). The molecule has 0 saturated heterocycles. The number of sulfonamides is 1. The lowest BCUT2D eigenvalue weighted by atomic mass is 10.2. The van der Waals surface area contributed by atoms with Gasteiger partial charge in [-0.1, -0.05) is 12.1 Å². The van der Waals surface area contributed by atoms with Gasteiger partial charge >= 0.3 is 0 Å². The fourth-order valence-corrected chi connectivity index (χ4v) is 3.49. The van der Waals surface area contributed by atoms with Gasteiger partial charge in [0.05, 0.1) is 16.3 Å². The van der Waals surface area contributed by atoms with Crippen LogP contribution in [0.2, 0.25) is 0 Å². The van der Waals surface area contributed by atoms with Crippen LogP contribution in [0.5, 0.6) is 5.75 Å². The summed E-state index contributed by atoms with van der Waals surface area (Å²) in [5, 5.41) is 0. The number of hydrogen-bond donors (Lipinski definition) is 1. The summed E-state index contributed by atoms with van der Waals surface area (Å²) in [5.74, 6) is 0.363. The van der Waals surface area contributed by atoms with Crippen LogP contribution in [0.25, 0.3) is 0 Å². The Bertz CT molecular complexity index is 877. The molecule has 0 aliphatic carbocycles. The minimum absolute atomic E-state index is 0.0160. The van der Waals surface area contributed by atoms with E-state index in [-0.39, 0.29) is 17.4 Å². The van der Waals surface area contributed by atoms with Crippen LogP contribution < -0.4 is 14.4 Å². The van der Waals surface area contributed by atoms with E-state index < -0.39 is 10.0 Å². The normalized spacial score (nSPS) is 14.2. The van der Waals surface area contributed by atoms with Crippen molar-refractivity contribution in [1.29, 1.82) is 0 Å². The van der Waals surface area contributed by atoms with Crippen molar-refractivity contribution in [3.63, 3.8) is 0 Å². The molecule has 0 radical (unpaired) electrons. The van der Waals surface area contributed by atoms with Crippen LogP contribution in [0, 0.1) is 6.92 Å². The van der Waals surface area contributed by atoms with Crippen LogP contribution >= 0.6 is 0 Å². The average Bonchev–Trinajstić information content (AvgIpc) is 2.51. The Kier molecular flexibility index (Phi) is 3.73. The fourth-order valence-electron chi connectivity index (χ4n) is 2.33. The van der Waals surface area contributed by atoms with Gasteiger partial charge in [0.15, 0.2) is 6.61 Å². The van der Waals surface area contributed by atoms with E-state index >= 15 is 0 Å². The highest BCUT2D eigenvalue weighted by Crippen LogP contribution is 2.34. The second-order valence-corrected chi connectivity index (χ2v) is 7.03. The predicted molar refractivity (Wildman–Crippen MR) is 87.3 cm³/mol. The first kappa shape index (κ1) is 15.4. The summed E-state index contributed by atoms with van der Waals surface area (Å²) in [6.45, 7) is 1.81. The summed E-state index contributed by atoms with van der Waals surface area (Å²) in [4.78, 5) is 13.3. The van der Waals surface area contributed by atoms with E-state index in [9.17, 15) is 13.2 Å². The number of carbonyl (C=O) groups is 1. The number of carbonyl (C=O) groups excluding carboxylic acids is 1. The lowest BCUT2D eigenvalue weighted by Crippen LogP contribution is -2.35. The first-order valence-corrected chi connectivity index (χ1v) is 8.48. The lowest BCUT2D eigenvalue weighted by Gasteiger charge is -2.26. The monoisotopic (exact) mass is 332 g/mol. The predicted octanol–water partition coefficient (Wildman–Crippen LogP) is 2.15. The van der Waals surface area contributed by atoms with Gasteiger partial charge in [-0.2, -0.15) is 0 Å². The minimum Gasteiger partial charge on any atom is -0.482 e. The molecule has 1 aliphatic heterocycles. The Morgan fingerprint density at radius 3 is 2.70 bits per heavy atom. The van der Waals surface area contributed by atoms with Crippen molar-refractivity contribution < 1.29 is 17.9 Å². The third-order valence-electron chi connectivity index (χ3n) is 3.60. The molecular weight excluding hydrogens is 316 g/mol. The number of amides is 1. The zero-order chi connectivity index (χ0) is 16.6. The number of likely N-dealkylation sites (N-methyl/N-ethyl adjacent to an activating group) is 1. The molecule has 0 unspecified atom stereocenters. The summed E-state index contributed by atoms with van der Waals surface area (Å²) in [6.07, 6.45) is 0. The Hall–Kier alpha value is -2.54. The zero-order valence-corrected chi connectivity index (χ0v) is 13.6. The molecule has 1 amide bonds. The standard InChI is InChI=1S/C16H16N2O4S/c1-11-4-3-5-13(8-11)23(20,21)17-12-6-7-15-14(9-12)18(2)16(19)10-22-15/h3-9,17H,10H2,1-2H3. The Balaban J connectivity index is 1.93. The number of nitrogens with one attached hydrogen (secondary N) is 1. The second kappa shape index (κ2) is 5.58. The Labute approximate surface area is 134 Å². The van der Waals surface area contributed by atoms with E-state index in [1.165, 1.54) is 11.0 Å². The van der Waals surface area contributed by atoms with Crippen LogP contribution in [-0.4, -0.2) is 28.0 Å². The third kappa shape index (κ3) is 3.00. The van der Waals surface area contributed by atoms with Gasteiger partial charge in [-0.05, 0) is 42.8 Å². The number of nitrogens with zero attached hydrogens (tertiary/aromatic N) is 1. The van der Waals surface area contributed by atoms with Crippen LogP contribution in [0.1, 0.15) is 5.56 Å². The van der Waals surface area contributed by atoms with Gasteiger partial charge in [-0.15, -0.1) is 0 Å². The molecule has 1 N–H and O–H groups in total. The van der Waals surface area contributed by atoms with Crippen LogP contribution in [0.4, 0.5) is 11.4 Å². The molecule has 0 saturated carbocycles. The molecule has 0 atom stereocenters. The highest BCUT2D eigenvalue weighted by molar-refractivity contribution is 7.92. The Morgan fingerprint density at radius 1 is 1.17 bits per heavy atom. The number of aryl methyl sites for hydroxylation is 1. The minimum atomic E-state index is -3.69. The zero-order valence-electron chi connectivity index (χ0n) is 12.7. The largest absolute Gasteiger partial charge is 0.482 e. The van der Waals surface area contributed by atoms with Crippen molar-refractivity contribution >= 4 is 27.3 Å². The molecule has 2 aromatic rings. The summed E-state index contributed by atoms with van der Waals surface area (Å²) in [7, 11) is -2.06. The molecule has 2 aromatic carbocycles. The summed E-state index contributed by atoms with van der Waals surface area (Å²) < 4.78 is 32.7. The molecular formula is C16H16N2O4S. The highest BCUT2D eigenvalue weighted by Gasteiger charge is 2.23. The summed E-state index contributed by atoms with van der Waals surface area (Å²) in [5.41, 5.74) is 1.76. The van der Waals surface area contributed by atoms with Gasteiger partial charge in [0, 0.05) is 7.05 Å². The van der Waals surface area contributed by atoms with Crippen molar-refractivity contribution in [2.45, 2.75) is 11.8 Å². The van der Waals surface area contributed by atoms with Gasteiger partial charge in [-0.3, -0.25) is 9.52 Å². The topological polar surface area (TPSA) is 75.7 Å². The van der Waals surface area contributed by atoms with Crippen molar-refractivity contribution in [3.05, 3.63) is 48.0 Å². The van der Waals surface area contributed by atoms with E-state index in [2.05, 4.69) is 4.72 Å². The summed E-state index contributed by atoms with van der Waals surface area (Å²) >= 11 is 0. The maximum atomic E-state index is 12.4. The maximum Gasteiger partial charge on any atom is 0.264 e. The van der Waals surface area contributed by atoms with E-state index in [4.69, 9.17) is 4.74 Å². The molecule has 0 spiro atoms. The second-order valence-electron chi connectivity index (χ2n) is 5.35. The molecule has 0 fully saturated rings. The lowest BCUT2D eigenvalue weighted by molar-refractivity contribution is -0.120. The van der Waals surface area contributed by atoms with Crippen LogP contribution in [0.3, 0.4) is 0 Å². The Morgan fingerprint density at radius 2 is 1.96 bits per heavy atom. The first-order chi connectivity index (χ1) is 10.9. The molecule has 6 nitrogen and oxygen atoms in total. The maximum absolute atomic E-state index is 12.4. The van der Waals surface area contributed by atoms with Crippen molar-refractivity contribution in [1.82, 2.24) is 0 Å². The summed E-state index contributed by atoms with van der Waals surface area (Å²) in [6, 6.07) is 11.5. The SMILES string of the molecule is Cc1cccc(S(=O)(=O)Nc2ccc3c(c2)N(C)C(=O)CO3)c1. The van der Waals surface area contributed by atoms with E-state index in [0.717, 1.165) is 5.56 Å². The molecule has 120 valence electrons. The molecule has 7 heteroatoms. The van der Waals surface area contributed by atoms with Gasteiger partial charge in [-0.25, -0.2) is 8.42 Å². The number of rotatable bonds is 3. The van der Waals surface area contributed by atoms with Crippen molar-refractivity contribution in [3.8, 4) is 5.75 Å². The fraction of sp³-hybridized carbons (Fsp3) is 0.188. The van der Waals surface area contributed by atoms with E-state index in [0.29, 0.717) is 17.1 Å². The molecule has 0 aromatic heterocycles. The van der Waals surface area contributed by atoms with E-state index in [1.807, 2.05) is 13.0 Å². The quantitative estimate of drug-likeness (QED) is 0.934. The highest BCUT2D eigenvalue weighted by atomic mass is 32.2. The van der Waals surface area contributed by atoms with Gasteiger partial charge < -0.3 is 9.64 Å². The number of ether oxygens (including phenoxy) is 1. The number of fused-ring (bicyclic) bond motifs is 1. The van der Waals surface area contributed by atoms with E-state index in [1.54, 1.807) is 37.4 Å². The molecule has 1 heterocycles. The van der Waals surface area contributed by atoms with Crippen molar-refractivity contribution in [2.75, 3.05) is 23.3 Å². The first-order valence-electron chi connectivity index (χ1n) is 7.00. The molecule has 23 heavy (non-hydrogen) atoms. The van der Waals surface area contributed by atoms with Crippen LogP contribution in [-0.2, 0) is 14.8 Å². The average molecular weight is 332 g/mol.